The lowest BCUT2D eigenvalue weighted by atomic mass is 9.52. The van der Waals surface area contributed by atoms with Crippen LogP contribution in [0.3, 0.4) is 0 Å². The number of allylic oxidation sites excluding steroid dienone is 2. The Bertz CT molecular complexity index is 1410. The monoisotopic (exact) mass is 518 g/mol. The van der Waals surface area contributed by atoms with E-state index in [0.29, 0.717) is 22.1 Å². The number of aliphatic hydroxyl groups excluding tert-OH is 1. The second kappa shape index (κ2) is 8.49. The van der Waals surface area contributed by atoms with Crippen LogP contribution in [-0.2, 0) is 30.5 Å². The van der Waals surface area contributed by atoms with Crippen molar-refractivity contribution in [2.45, 2.75) is 32.3 Å². The molecule has 6 atom stereocenters. The van der Waals surface area contributed by atoms with E-state index < -0.39 is 52.9 Å². The van der Waals surface area contributed by atoms with Gasteiger partial charge in [0.1, 0.15) is 18.1 Å². The number of methoxy groups -OCH3 is 1. The third-order valence-electron chi connectivity index (χ3n) is 8.77. The molecule has 2 aliphatic heterocycles. The molecule has 3 heterocycles. The van der Waals surface area contributed by atoms with Crippen molar-refractivity contribution in [2.75, 3.05) is 12.0 Å². The number of ether oxygens (including phenoxy) is 1. The molecular formula is C28H26N2O8. The largest absolute Gasteiger partial charge is 0.463 e. The topological polar surface area (TPSA) is 134 Å². The van der Waals surface area contributed by atoms with Crippen LogP contribution in [0.1, 0.15) is 37.2 Å². The number of hydrogen-bond donors (Lipinski definition) is 1. The van der Waals surface area contributed by atoms with Crippen LogP contribution in [0.5, 0.6) is 0 Å². The number of aliphatic hydroxyl groups is 1. The molecule has 0 radical (unpaired) electrons. The van der Waals surface area contributed by atoms with Crippen LogP contribution in [0.15, 0.2) is 58.5 Å². The number of fused-ring (bicyclic) bond motifs is 4. The summed E-state index contributed by atoms with van der Waals surface area (Å²) in [5.74, 6) is -5.06. The molecule has 2 aromatic rings. The van der Waals surface area contributed by atoms with Crippen LogP contribution in [0.25, 0.3) is 0 Å². The van der Waals surface area contributed by atoms with Gasteiger partial charge in [0.2, 0.25) is 23.6 Å². The maximum absolute atomic E-state index is 14.1. The van der Waals surface area contributed by atoms with Gasteiger partial charge in [-0.25, -0.2) is 9.69 Å². The molecule has 10 nitrogen and oxygen atoms in total. The quantitative estimate of drug-likeness (QED) is 0.484. The maximum atomic E-state index is 14.1. The minimum Gasteiger partial charge on any atom is -0.463 e. The highest BCUT2D eigenvalue weighted by Gasteiger charge is 2.68. The number of furan rings is 1. The Morgan fingerprint density at radius 1 is 1.05 bits per heavy atom. The number of nitrogens with zero attached hydrogens (tertiary/aromatic N) is 2. The summed E-state index contributed by atoms with van der Waals surface area (Å²) in [6.45, 7) is 1.41. The Morgan fingerprint density at radius 3 is 2.45 bits per heavy atom. The molecule has 1 N–H and O–H groups in total. The molecule has 1 saturated carbocycles. The summed E-state index contributed by atoms with van der Waals surface area (Å²) in [7, 11) is 1.10. The van der Waals surface area contributed by atoms with Gasteiger partial charge in [0.25, 0.3) is 0 Å². The summed E-state index contributed by atoms with van der Waals surface area (Å²) in [5, 5.41) is 9.64. The molecule has 2 saturated heterocycles. The molecule has 0 spiro atoms. The lowest BCUT2D eigenvalue weighted by Crippen LogP contribution is -2.48. The minimum atomic E-state index is -1.24. The Balaban J connectivity index is 1.50. The van der Waals surface area contributed by atoms with Crippen LogP contribution in [0.4, 0.5) is 10.5 Å². The van der Waals surface area contributed by atoms with Crippen LogP contribution in [0.2, 0.25) is 0 Å². The van der Waals surface area contributed by atoms with E-state index in [2.05, 4.69) is 4.74 Å². The number of carbonyl (C=O) groups excluding carboxylic acids is 5. The highest BCUT2D eigenvalue weighted by atomic mass is 16.5. The van der Waals surface area contributed by atoms with E-state index in [1.165, 1.54) is 4.90 Å². The van der Waals surface area contributed by atoms with E-state index in [0.717, 1.165) is 12.7 Å². The zero-order valence-corrected chi connectivity index (χ0v) is 20.8. The Morgan fingerprint density at radius 2 is 1.79 bits per heavy atom. The number of amides is 5. The summed E-state index contributed by atoms with van der Waals surface area (Å²) in [6.07, 6.45) is 1.18. The lowest BCUT2D eigenvalue weighted by molar-refractivity contribution is -0.138. The average molecular weight is 519 g/mol. The first-order chi connectivity index (χ1) is 18.2. The van der Waals surface area contributed by atoms with Crippen molar-refractivity contribution in [3.8, 4) is 0 Å². The van der Waals surface area contributed by atoms with E-state index in [4.69, 9.17) is 4.42 Å². The zero-order valence-electron chi connectivity index (χ0n) is 20.8. The van der Waals surface area contributed by atoms with Crippen LogP contribution in [0, 0.1) is 29.1 Å². The minimum absolute atomic E-state index is 0.162. The van der Waals surface area contributed by atoms with Gasteiger partial charge in [-0.15, -0.1) is 0 Å². The van der Waals surface area contributed by atoms with Gasteiger partial charge in [0.15, 0.2) is 0 Å². The predicted molar refractivity (Wildman–Crippen MR) is 130 cm³/mol. The molecule has 4 aliphatic rings. The summed E-state index contributed by atoms with van der Waals surface area (Å²) in [4.78, 5) is 68.6. The van der Waals surface area contributed by atoms with E-state index in [1.807, 2.05) is 6.08 Å². The molecule has 6 rings (SSSR count). The van der Waals surface area contributed by atoms with E-state index in [9.17, 15) is 29.1 Å². The first-order valence-corrected chi connectivity index (χ1v) is 12.5. The number of benzene rings is 1. The first-order valence-electron chi connectivity index (χ1n) is 12.5. The van der Waals surface area contributed by atoms with Gasteiger partial charge in [-0.2, -0.15) is 4.90 Å². The normalized spacial score (nSPS) is 32.2. The molecule has 1 aromatic carbocycles. The van der Waals surface area contributed by atoms with Crippen molar-refractivity contribution < 1.29 is 38.2 Å². The Hall–Kier alpha value is -4.05. The van der Waals surface area contributed by atoms with Crippen LogP contribution < -0.4 is 4.90 Å². The number of likely N-dealkylation sites (tertiary alicyclic amines) is 1. The third-order valence-corrected chi connectivity index (χ3v) is 8.77. The molecule has 5 amide bonds. The van der Waals surface area contributed by atoms with Crippen molar-refractivity contribution in [3.63, 3.8) is 0 Å². The standard InChI is InChI=1S/C28H26N2O8/c1-28-19(24(33)29(26(28)35)14-6-4-3-5-7-14)12-18-16(22(28)20-11-8-15(13-31)38-20)9-10-17-21(18)25(34)30(23(17)32)27(36)37-2/h3-9,11,17-19,21-22,31H,10,12-13H2,1-2H3/t17-,18+,19-,21-,22+,28+/m0/s1. The van der Waals surface area contributed by atoms with Crippen molar-refractivity contribution in [1.82, 2.24) is 4.90 Å². The van der Waals surface area contributed by atoms with E-state index in [-0.39, 0.29) is 31.3 Å². The van der Waals surface area contributed by atoms with Crippen LogP contribution >= 0.6 is 0 Å². The molecule has 196 valence electrons. The molecule has 0 bridgehead atoms. The maximum Gasteiger partial charge on any atom is 0.423 e. The fourth-order valence-corrected chi connectivity index (χ4v) is 7.05. The number of rotatable bonds is 3. The molecule has 10 heteroatoms. The second-order valence-electron chi connectivity index (χ2n) is 10.4. The fourth-order valence-electron chi connectivity index (χ4n) is 7.05. The van der Waals surface area contributed by atoms with Crippen molar-refractivity contribution in [3.05, 3.63) is 65.6 Å². The number of imide groups is 4. The van der Waals surface area contributed by atoms with Gasteiger partial charge in [0.05, 0.1) is 41.9 Å². The molecule has 2 aliphatic carbocycles. The zero-order chi connectivity index (χ0) is 26.9. The fraction of sp³-hybridized carbons (Fsp3) is 0.393. The Labute approximate surface area is 217 Å². The molecule has 38 heavy (non-hydrogen) atoms. The van der Waals surface area contributed by atoms with Gasteiger partial charge in [-0.3, -0.25) is 19.2 Å². The summed E-state index contributed by atoms with van der Waals surface area (Å²) < 4.78 is 10.6. The highest BCUT2D eigenvalue weighted by molar-refractivity contribution is 6.24. The SMILES string of the molecule is COC(=O)N1C(=O)[C@H]2[C@H](CC=C3[C@H]2C[C@H]2C(=O)N(c4ccccc4)C(=O)[C@@]2(C)[C@H]3c2ccc(CO)o2)C1=O. The van der Waals surface area contributed by atoms with Crippen molar-refractivity contribution in [1.29, 1.82) is 0 Å². The van der Waals surface area contributed by atoms with Gasteiger partial charge >= 0.3 is 6.09 Å². The van der Waals surface area contributed by atoms with Gasteiger partial charge in [0, 0.05) is 0 Å². The first kappa shape index (κ1) is 24.3. The number of carbonyl (C=O) groups is 5. The van der Waals surface area contributed by atoms with Crippen LogP contribution in [-0.4, -0.2) is 46.8 Å². The molecule has 0 unspecified atom stereocenters. The molecule has 3 fully saturated rings. The predicted octanol–water partition coefficient (Wildman–Crippen LogP) is 2.77. The van der Waals surface area contributed by atoms with Crippen molar-refractivity contribution in [2.24, 2.45) is 29.1 Å². The smallest absolute Gasteiger partial charge is 0.423 e. The highest BCUT2D eigenvalue weighted by Crippen LogP contribution is 2.63. The second-order valence-corrected chi connectivity index (χ2v) is 10.4. The number of anilines is 1. The van der Waals surface area contributed by atoms with Gasteiger partial charge in [-0.05, 0) is 49.9 Å². The lowest BCUT2D eigenvalue weighted by Gasteiger charge is -2.48. The van der Waals surface area contributed by atoms with E-state index >= 15 is 0 Å². The summed E-state index contributed by atoms with van der Waals surface area (Å²) in [5.41, 5.74) is -0.0562. The molecule has 1 aromatic heterocycles. The third kappa shape index (κ3) is 3.06. The van der Waals surface area contributed by atoms with Crippen molar-refractivity contribution >= 4 is 35.4 Å². The number of hydrogen-bond acceptors (Lipinski definition) is 8. The van der Waals surface area contributed by atoms with Gasteiger partial charge < -0.3 is 14.3 Å². The Kier molecular flexibility index (Phi) is 5.43. The average Bonchev–Trinajstić information content (AvgIpc) is 3.55. The number of para-hydroxylation sites is 1. The summed E-state index contributed by atoms with van der Waals surface area (Å²) >= 11 is 0. The molecular weight excluding hydrogens is 492 g/mol. The van der Waals surface area contributed by atoms with Gasteiger partial charge in [-0.1, -0.05) is 29.8 Å². The summed E-state index contributed by atoms with van der Waals surface area (Å²) in [6, 6.07) is 12.0. The van der Waals surface area contributed by atoms with E-state index in [1.54, 1.807) is 49.4 Å².